The van der Waals surface area contributed by atoms with Crippen molar-refractivity contribution in [3.05, 3.63) is 88.6 Å². The van der Waals surface area contributed by atoms with Crippen molar-refractivity contribution in [2.24, 2.45) is 0 Å². The monoisotopic (exact) mass is 897 g/mol. The Kier molecular flexibility index (Phi) is 12.4. The maximum absolute atomic E-state index is 12.7. The van der Waals surface area contributed by atoms with Gasteiger partial charge in [-0.15, -0.1) is 33.7 Å². The van der Waals surface area contributed by atoms with E-state index in [2.05, 4.69) is 81.9 Å². The highest BCUT2D eigenvalue weighted by atomic mass is 32.2. The third kappa shape index (κ3) is 10.7. The molecule has 1 saturated heterocycles. The van der Waals surface area contributed by atoms with Crippen LogP contribution in [-0.2, 0) is 10.8 Å². The standard InChI is InChI=1S/C23H22F3N5O2.C23H28N4OS2/c1-13-9-17(20-30-31-21(33-20)29-18-7-5-6-8-27-18)28-19-15(13)10-14(32-12-23(24,25)26)11-16(19)22(2,3)4;1-13-9-18(21-26-27-22(28-21)24-12-19-29-7-8-30-19)25-20-16(13)10-15(14-5-6-14)11-17(20)23(2,3)4/h5-11H,12H2,1-4H3,(H,27,29,31);9-11,14,19H,5-8,12H2,1-4H3,(H,24,27). The third-order valence-corrected chi connectivity index (χ3v) is 13.6. The summed E-state index contributed by atoms with van der Waals surface area (Å²) in [7, 11) is 0. The molecular weight excluding hydrogens is 848 g/mol. The molecule has 1 saturated carbocycles. The molecule has 2 aromatic carbocycles. The first-order valence-electron chi connectivity index (χ1n) is 20.8. The van der Waals surface area contributed by atoms with Crippen molar-refractivity contribution in [3.63, 3.8) is 0 Å². The summed E-state index contributed by atoms with van der Waals surface area (Å²) in [5.74, 6) is 4.51. The van der Waals surface area contributed by atoms with Gasteiger partial charge in [-0.05, 0) is 114 Å². The Bertz CT molecular complexity index is 2740. The summed E-state index contributed by atoms with van der Waals surface area (Å²) in [6, 6.07) is 17.7. The van der Waals surface area contributed by atoms with Gasteiger partial charge >= 0.3 is 18.2 Å². The molecule has 63 heavy (non-hydrogen) atoms. The number of fused-ring (bicyclic) bond motifs is 2. The van der Waals surface area contributed by atoms with Crippen molar-refractivity contribution >= 4 is 63.2 Å². The van der Waals surface area contributed by atoms with Gasteiger partial charge in [0.15, 0.2) is 6.61 Å². The van der Waals surface area contributed by atoms with Gasteiger partial charge in [-0.25, -0.2) is 15.0 Å². The van der Waals surface area contributed by atoms with Gasteiger partial charge in [0.25, 0.3) is 11.8 Å². The lowest BCUT2D eigenvalue weighted by Gasteiger charge is -2.23. The molecule has 12 nitrogen and oxygen atoms in total. The molecule has 0 unspecified atom stereocenters. The molecule has 2 N–H and O–H groups in total. The normalized spacial score (nSPS) is 14.8. The minimum atomic E-state index is -4.42. The van der Waals surface area contributed by atoms with E-state index in [9.17, 15) is 13.2 Å². The molecule has 2 aliphatic rings. The first-order chi connectivity index (χ1) is 29.9. The summed E-state index contributed by atoms with van der Waals surface area (Å²) >= 11 is 3.96. The number of thioether (sulfide) groups is 2. The average Bonchev–Trinajstić information content (AvgIpc) is 3.54. The minimum absolute atomic E-state index is 0.0133. The van der Waals surface area contributed by atoms with E-state index in [1.807, 2.05) is 57.3 Å². The molecule has 1 aliphatic heterocycles. The lowest BCUT2D eigenvalue weighted by Crippen LogP contribution is -2.20. The molecule has 330 valence electrons. The van der Waals surface area contributed by atoms with E-state index < -0.39 is 18.2 Å². The summed E-state index contributed by atoms with van der Waals surface area (Å²) < 4.78 is 55.3. The van der Waals surface area contributed by atoms with Gasteiger partial charge in [0.2, 0.25) is 0 Å². The van der Waals surface area contributed by atoms with Gasteiger partial charge in [-0.1, -0.05) is 63.9 Å². The van der Waals surface area contributed by atoms with Crippen molar-refractivity contribution in [3.8, 4) is 28.9 Å². The van der Waals surface area contributed by atoms with Crippen molar-refractivity contribution < 1.29 is 26.7 Å². The van der Waals surface area contributed by atoms with Gasteiger partial charge < -0.3 is 18.9 Å². The van der Waals surface area contributed by atoms with Crippen LogP contribution in [-0.4, -0.2) is 70.8 Å². The van der Waals surface area contributed by atoms with Gasteiger partial charge in [0.1, 0.15) is 23.0 Å². The Morgan fingerprint density at radius 1 is 0.730 bits per heavy atom. The lowest BCUT2D eigenvalue weighted by molar-refractivity contribution is -0.153. The van der Waals surface area contributed by atoms with E-state index in [0.717, 1.165) is 34.8 Å². The van der Waals surface area contributed by atoms with Gasteiger partial charge in [-0.3, -0.25) is 5.32 Å². The summed E-state index contributed by atoms with van der Waals surface area (Å²) in [5, 5.41) is 24.7. The predicted octanol–water partition coefficient (Wildman–Crippen LogP) is 12.0. The first kappa shape index (κ1) is 44.2. The molecule has 0 amide bonds. The maximum atomic E-state index is 12.7. The molecule has 2 fully saturated rings. The number of benzene rings is 2. The van der Waals surface area contributed by atoms with Gasteiger partial charge in [-0.2, -0.15) is 13.2 Å². The topological polar surface area (TPSA) is 150 Å². The number of nitrogens with zero attached hydrogens (tertiary/aromatic N) is 7. The van der Waals surface area contributed by atoms with E-state index in [4.69, 9.17) is 23.5 Å². The summed E-state index contributed by atoms with van der Waals surface area (Å²) in [6.45, 7) is 16.1. The number of hydrogen-bond donors (Lipinski definition) is 2. The van der Waals surface area contributed by atoms with Crippen molar-refractivity contribution in [1.82, 2.24) is 35.3 Å². The molecule has 6 heterocycles. The molecule has 0 spiro atoms. The van der Waals surface area contributed by atoms with Crippen LogP contribution in [0.25, 0.3) is 45.0 Å². The number of ether oxygens (including phenoxy) is 1. The minimum Gasteiger partial charge on any atom is -0.484 e. The van der Waals surface area contributed by atoms with Crippen LogP contribution in [0.2, 0.25) is 0 Å². The molecule has 0 bridgehead atoms. The number of aryl methyl sites for hydroxylation is 2. The zero-order chi connectivity index (χ0) is 44.7. The number of anilines is 3. The zero-order valence-corrected chi connectivity index (χ0v) is 38.1. The second-order valence-corrected chi connectivity index (χ2v) is 20.8. The Hall–Kier alpha value is -5.42. The first-order valence-corrected chi connectivity index (χ1v) is 22.9. The zero-order valence-electron chi connectivity index (χ0n) is 36.5. The SMILES string of the molecule is Cc1cc(-c2nnc(NCC3SCCS3)o2)nc2c(C(C)(C)C)cc(C3CC3)cc12.Cc1cc(-c2nnc(Nc3ccccn3)o2)nc2c(C(C)(C)C)cc(OCC(F)(F)F)cc12. The number of halogens is 3. The molecular formula is C46H50F3N9O3S2. The predicted molar refractivity (Wildman–Crippen MR) is 245 cm³/mol. The fourth-order valence-electron chi connectivity index (χ4n) is 7.26. The molecule has 1 aliphatic carbocycles. The van der Waals surface area contributed by atoms with Crippen molar-refractivity contribution in [2.45, 2.75) is 95.7 Å². The smallest absolute Gasteiger partial charge is 0.422 e. The number of aromatic nitrogens is 7. The molecule has 0 atom stereocenters. The average molecular weight is 898 g/mol. The number of nitrogens with one attached hydrogen (secondary N) is 2. The highest BCUT2D eigenvalue weighted by Gasteiger charge is 2.30. The third-order valence-electron chi connectivity index (χ3n) is 10.6. The number of pyridine rings is 3. The van der Waals surface area contributed by atoms with E-state index in [-0.39, 0.29) is 23.1 Å². The molecule has 9 rings (SSSR count). The molecule has 5 aromatic heterocycles. The Morgan fingerprint density at radius 3 is 1.89 bits per heavy atom. The Labute approximate surface area is 372 Å². The highest BCUT2D eigenvalue weighted by molar-refractivity contribution is 8.20. The quantitative estimate of drug-likeness (QED) is 0.134. The van der Waals surface area contributed by atoms with Gasteiger partial charge in [0, 0.05) is 35.0 Å². The lowest BCUT2D eigenvalue weighted by atomic mass is 9.83. The molecule has 17 heteroatoms. The van der Waals surface area contributed by atoms with E-state index in [0.29, 0.717) is 38.9 Å². The van der Waals surface area contributed by atoms with E-state index in [1.165, 1.54) is 46.4 Å². The number of alkyl halides is 3. The number of hydrogen-bond acceptors (Lipinski definition) is 14. The Balaban J connectivity index is 0.000000173. The molecule has 7 aromatic rings. The summed E-state index contributed by atoms with van der Waals surface area (Å²) in [4.78, 5) is 13.9. The fourth-order valence-corrected chi connectivity index (χ4v) is 9.92. The maximum Gasteiger partial charge on any atom is 0.422 e. The largest absolute Gasteiger partial charge is 0.484 e. The summed E-state index contributed by atoms with van der Waals surface area (Å²) in [5.41, 5.74) is 7.97. The van der Waals surface area contributed by atoms with Crippen LogP contribution in [0.4, 0.5) is 31.0 Å². The van der Waals surface area contributed by atoms with E-state index in [1.54, 1.807) is 36.5 Å². The van der Waals surface area contributed by atoms with Crippen LogP contribution in [0.5, 0.6) is 5.75 Å². The van der Waals surface area contributed by atoms with Crippen LogP contribution in [0, 0.1) is 13.8 Å². The second-order valence-electron chi connectivity index (χ2n) is 17.9. The summed E-state index contributed by atoms with van der Waals surface area (Å²) in [6.07, 6.45) is -0.188. The second kappa shape index (κ2) is 17.6. The number of rotatable bonds is 10. The van der Waals surface area contributed by atoms with Crippen LogP contribution in [0.3, 0.4) is 0 Å². The Morgan fingerprint density at radius 2 is 1.32 bits per heavy atom. The van der Waals surface area contributed by atoms with Crippen LogP contribution >= 0.6 is 23.5 Å². The van der Waals surface area contributed by atoms with Crippen LogP contribution in [0.1, 0.15) is 88.1 Å². The van der Waals surface area contributed by atoms with Crippen LogP contribution < -0.4 is 15.4 Å². The van der Waals surface area contributed by atoms with Crippen molar-refractivity contribution in [1.29, 1.82) is 0 Å². The van der Waals surface area contributed by atoms with E-state index >= 15 is 0 Å². The van der Waals surface area contributed by atoms with Gasteiger partial charge in [0.05, 0.1) is 15.6 Å². The van der Waals surface area contributed by atoms with Crippen LogP contribution in [0.15, 0.2) is 69.6 Å². The van der Waals surface area contributed by atoms with Crippen molar-refractivity contribution in [2.75, 3.05) is 35.3 Å². The fraction of sp³-hybridized carbons (Fsp3) is 0.413. The molecule has 0 radical (unpaired) electrons. The highest BCUT2D eigenvalue weighted by Crippen LogP contribution is 2.44.